The van der Waals surface area contributed by atoms with Crippen molar-refractivity contribution >= 4 is 41.8 Å². The van der Waals surface area contributed by atoms with Gasteiger partial charge in [-0.25, -0.2) is 4.98 Å². The van der Waals surface area contributed by atoms with Gasteiger partial charge in [-0.05, 0) is 24.0 Å². The molecule has 1 aliphatic rings. The molecule has 1 fully saturated rings. The molecular formula is C15H22Cl2N4O. The number of carbonyl (C=O) groups is 1. The van der Waals surface area contributed by atoms with Gasteiger partial charge in [0.15, 0.2) is 0 Å². The van der Waals surface area contributed by atoms with Crippen LogP contribution in [0.4, 0.5) is 0 Å². The highest BCUT2D eigenvalue weighted by Gasteiger charge is 2.36. The van der Waals surface area contributed by atoms with Crippen molar-refractivity contribution in [3.05, 3.63) is 30.1 Å². The van der Waals surface area contributed by atoms with E-state index in [2.05, 4.69) is 23.8 Å². The molecule has 1 amide bonds. The molecule has 3 heterocycles. The summed E-state index contributed by atoms with van der Waals surface area (Å²) in [7, 11) is 0. The number of aromatic nitrogens is 2. The number of nitrogens with zero attached hydrogens (tertiary/aromatic N) is 2. The standard InChI is InChI=1S/C15H20N4O.2ClH/c1-15(2)9-19(7-5-12(15)16)14(20)11-8-18-13-10(11)4-3-6-17-13;;/h3-4,6,8,12H,5,7,9,16H2,1-2H3,(H,17,18);2*1H. The lowest BCUT2D eigenvalue weighted by Gasteiger charge is -2.42. The summed E-state index contributed by atoms with van der Waals surface area (Å²) in [5.74, 6) is 0.0595. The number of fused-ring (bicyclic) bond motifs is 1. The SMILES string of the molecule is CC1(C)CN(C(=O)c2c[nH]c3ncccc23)CCC1N.Cl.Cl. The minimum atomic E-state index is -0.0434. The quantitative estimate of drug-likeness (QED) is 0.834. The smallest absolute Gasteiger partial charge is 0.256 e. The van der Waals surface area contributed by atoms with Gasteiger partial charge in [-0.3, -0.25) is 4.79 Å². The van der Waals surface area contributed by atoms with Gasteiger partial charge in [0.25, 0.3) is 5.91 Å². The summed E-state index contributed by atoms with van der Waals surface area (Å²) < 4.78 is 0. The molecule has 0 saturated carbocycles. The second-order valence-electron chi connectivity index (χ2n) is 6.21. The number of rotatable bonds is 1. The molecule has 3 N–H and O–H groups in total. The van der Waals surface area contributed by atoms with Crippen LogP contribution < -0.4 is 5.73 Å². The molecule has 2 aromatic heterocycles. The lowest BCUT2D eigenvalue weighted by Crippen LogP contribution is -2.53. The van der Waals surface area contributed by atoms with Crippen molar-refractivity contribution in [3.63, 3.8) is 0 Å². The second-order valence-corrected chi connectivity index (χ2v) is 6.21. The second kappa shape index (κ2) is 6.86. The van der Waals surface area contributed by atoms with E-state index in [4.69, 9.17) is 5.73 Å². The van der Waals surface area contributed by atoms with Crippen LogP contribution >= 0.6 is 24.8 Å². The van der Waals surface area contributed by atoms with E-state index in [9.17, 15) is 4.79 Å². The molecule has 0 bridgehead atoms. The average molecular weight is 345 g/mol. The van der Waals surface area contributed by atoms with Crippen LogP contribution in [0.15, 0.2) is 24.5 Å². The number of piperidine rings is 1. The van der Waals surface area contributed by atoms with Crippen molar-refractivity contribution in [1.29, 1.82) is 0 Å². The maximum absolute atomic E-state index is 12.7. The predicted octanol–water partition coefficient (Wildman–Crippen LogP) is 2.61. The van der Waals surface area contributed by atoms with E-state index in [0.29, 0.717) is 12.1 Å². The number of hydrogen-bond acceptors (Lipinski definition) is 3. The minimum Gasteiger partial charge on any atom is -0.345 e. The average Bonchev–Trinajstić information content (AvgIpc) is 2.85. The van der Waals surface area contributed by atoms with Crippen molar-refractivity contribution in [1.82, 2.24) is 14.9 Å². The van der Waals surface area contributed by atoms with E-state index in [0.717, 1.165) is 24.0 Å². The lowest BCUT2D eigenvalue weighted by molar-refractivity contribution is 0.0535. The molecule has 122 valence electrons. The Bertz CT molecular complexity index is 656. The zero-order valence-electron chi connectivity index (χ0n) is 12.7. The topological polar surface area (TPSA) is 75.0 Å². The van der Waals surface area contributed by atoms with Gasteiger partial charge >= 0.3 is 0 Å². The number of likely N-dealkylation sites (tertiary alicyclic amines) is 1. The highest BCUT2D eigenvalue weighted by molar-refractivity contribution is 6.05. The molecule has 0 aliphatic carbocycles. The summed E-state index contributed by atoms with van der Waals surface area (Å²) >= 11 is 0. The van der Waals surface area contributed by atoms with Gasteiger partial charge in [0.1, 0.15) is 5.65 Å². The summed E-state index contributed by atoms with van der Waals surface area (Å²) in [5.41, 5.74) is 7.53. The number of halogens is 2. The largest absolute Gasteiger partial charge is 0.345 e. The Labute approximate surface area is 142 Å². The van der Waals surface area contributed by atoms with Crippen molar-refractivity contribution in [3.8, 4) is 0 Å². The third kappa shape index (κ3) is 3.21. The fraction of sp³-hybridized carbons (Fsp3) is 0.467. The van der Waals surface area contributed by atoms with Crippen LogP contribution in [0.1, 0.15) is 30.6 Å². The summed E-state index contributed by atoms with van der Waals surface area (Å²) in [6.45, 7) is 5.65. The van der Waals surface area contributed by atoms with Crippen molar-refractivity contribution in [2.24, 2.45) is 11.1 Å². The number of pyridine rings is 1. The first kappa shape index (κ1) is 18.7. The van der Waals surface area contributed by atoms with E-state index >= 15 is 0 Å². The molecule has 1 aliphatic heterocycles. The Hall–Kier alpha value is -1.30. The van der Waals surface area contributed by atoms with Gasteiger partial charge < -0.3 is 15.6 Å². The Kier molecular flexibility index (Phi) is 5.84. The number of aromatic amines is 1. The third-order valence-electron chi connectivity index (χ3n) is 4.28. The fourth-order valence-corrected chi connectivity index (χ4v) is 2.85. The molecule has 0 aromatic carbocycles. The van der Waals surface area contributed by atoms with Gasteiger partial charge in [-0.2, -0.15) is 0 Å². The molecule has 1 saturated heterocycles. The Morgan fingerprint density at radius 3 is 2.86 bits per heavy atom. The molecule has 0 spiro atoms. The van der Waals surface area contributed by atoms with Crippen molar-refractivity contribution in [2.45, 2.75) is 26.3 Å². The van der Waals surface area contributed by atoms with E-state index in [1.807, 2.05) is 17.0 Å². The zero-order chi connectivity index (χ0) is 14.3. The van der Waals surface area contributed by atoms with Gasteiger partial charge in [0.05, 0.1) is 5.56 Å². The first-order chi connectivity index (χ1) is 9.49. The molecule has 1 unspecified atom stereocenters. The normalized spacial score (nSPS) is 20.1. The number of nitrogens with two attached hydrogens (primary N) is 1. The minimum absolute atomic E-state index is 0. The maximum Gasteiger partial charge on any atom is 0.256 e. The third-order valence-corrected chi connectivity index (χ3v) is 4.28. The van der Waals surface area contributed by atoms with Gasteiger partial charge in [0.2, 0.25) is 0 Å². The molecule has 0 radical (unpaired) electrons. The van der Waals surface area contributed by atoms with E-state index < -0.39 is 0 Å². The first-order valence-corrected chi connectivity index (χ1v) is 6.96. The predicted molar refractivity (Wildman–Crippen MR) is 92.9 cm³/mol. The highest BCUT2D eigenvalue weighted by atomic mass is 35.5. The summed E-state index contributed by atoms with van der Waals surface area (Å²) in [4.78, 5) is 21.9. The Morgan fingerprint density at radius 2 is 2.18 bits per heavy atom. The van der Waals surface area contributed by atoms with Crippen molar-refractivity contribution in [2.75, 3.05) is 13.1 Å². The summed E-state index contributed by atoms with van der Waals surface area (Å²) in [6.07, 6.45) is 4.32. The Morgan fingerprint density at radius 1 is 1.45 bits per heavy atom. The van der Waals surface area contributed by atoms with Crippen LogP contribution in [0.2, 0.25) is 0 Å². The maximum atomic E-state index is 12.7. The van der Waals surface area contributed by atoms with Gasteiger partial charge in [-0.15, -0.1) is 24.8 Å². The number of H-pyrrole nitrogens is 1. The number of nitrogens with one attached hydrogen (secondary N) is 1. The van der Waals surface area contributed by atoms with E-state index in [1.165, 1.54) is 0 Å². The monoisotopic (exact) mass is 344 g/mol. The van der Waals surface area contributed by atoms with E-state index in [-0.39, 0.29) is 42.2 Å². The molecule has 5 nitrogen and oxygen atoms in total. The number of amides is 1. The molecule has 7 heteroatoms. The fourth-order valence-electron chi connectivity index (χ4n) is 2.85. The lowest BCUT2D eigenvalue weighted by atomic mass is 9.79. The Balaban J connectivity index is 0.00000121. The van der Waals surface area contributed by atoms with Crippen molar-refractivity contribution < 1.29 is 4.79 Å². The van der Waals surface area contributed by atoms with Crippen LogP contribution in [0.5, 0.6) is 0 Å². The van der Waals surface area contributed by atoms with Crippen LogP contribution in [-0.4, -0.2) is 39.9 Å². The molecular weight excluding hydrogens is 323 g/mol. The molecule has 22 heavy (non-hydrogen) atoms. The molecule has 1 atom stereocenters. The first-order valence-electron chi connectivity index (χ1n) is 6.96. The summed E-state index contributed by atoms with van der Waals surface area (Å²) in [5, 5.41) is 0.880. The van der Waals surface area contributed by atoms with Crippen LogP contribution in [0, 0.1) is 5.41 Å². The molecule has 3 rings (SSSR count). The van der Waals surface area contributed by atoms with Crippen LogP contribution in [-0.2, 0) is 0 Å². The van der Waals surface area contributed by atoms with Gasteiger partial charge in [-0.1, -0.05) is 13.8 Å². The highest BCUT2D eigenvalue weighted by Crippen LogP contribution is 2.29. The number of hydrogen-bond donors (Lipinski definition) is 2. The number of carbonyl (C=O) groups excluding carboxylic acids is 1. The van der Waals surface area contributed by atoms with Crippen LogP contribution in [0.25, 0.3) is 11.0 Å². The van der Waals surface area contributed by atoms with Crippen LogP contribution in [0.3, 0.4) is 0 Å². The van der Waals surface area contributed by atoms with E-state index in [1.54, 1.807) is 12.4 Å². The van der Waals surface area contributed by atoms with Gasteiger partial charge in [0, 0.05) is 36.9 Å². The summed E-state index contributed by atoms with van der Waals surface area (Å²) in [6, 6.07) is 3.92. The molecule has 2 aromatic rings. The zero-order valence-corrected chi connectivity index (χ0v) is 14.3.